The van der Waals surface area contributed by atoms with Crippen molar-refractivity contribution in [3.05, 3.63) is 29.3 Å². The third-order valence-electron chi connectivity index (χ3n) is 2.91. The van der Waals surface area contributed by atoms with Crippen molar-refractivity contribution < 1.29 is 14.3 Å². The molecule has 0 spiro atoms. The molecule has 0 aliphatic heterocycles. The largest absolute Gasteiger partial charge is 0.496 e. The SMILES string of the molecule is CCNC(=O)[C@H](C)NC(=O)Cc1cc(C)ccc1OC. The Kier molecular flexibility index (Phi) is 6.03. The minimum atomic E-state index is -0.543. The molecule has 2 N–H and O–H groups in total. The van der Waals surface area contributed by atoms with Crippen molar-refractivity contribution in [1.29, 1.82) is 0 Å². The molecular weight excluding hydrogens is 256 g/mol. The number of likely N-dealkylation sites (N-methyl/N-ethyl adjacent to an activating group) is 1. The monoisotopic (exact) mass is 278 g/mol. The van der Waals surface area contributed by atoms with Crippen molar-refractivity contribution in [2.45, 2.75) is 33.2 Å². The van der Waals surface area contributed by atoms with Crippen LogP contribution in [0.3, 0.4) is 0 Å². The van der Waals surface area contributed by atoms with Crippen LogP contribution in [0.15, 0.2) is 18.2 Å². The fourth-order valence-electron chi connectivity index (χ4n) is 1.90. The molecular formula is C15H22N2O3. The number of methoxy groups -OCH3 is 1. The van der Waals surface area contributed by atoms with E-state index in [0.717, 1.165) is 11.1 Å². The number of carbonyl (C=O) groups excluding carboxylic acids is 2. The number of benzene rings is 1. The van der Waals surface area contributed by atoms with Gasteiger partial charge in [0.25, 0.3) is 0 Å². The summed E-state index contributed by atoms with van der Waals surface area (Å²) in [6, 6.07) is 5.14. The summed E-state index contributed by atoms with van der Waals surface area (Å²) in [5, 5.41) is 5.35. The second-order valence-electron chi connectivity index (χ2n) is 4.68. The predicted octanol–water partition coefficient (Wildman–Crippen LogP) is 1.19. The van der Waals surface area contributed by atoms with E-state index >= 15 is 0 Å². The molecule has 20 heavy (non-hydrogen) atoms. The summed E-state index contributed by atoms with van der Waals surface area (Å²) in [4.78, 5) is 23.5. The first-order valence-corrected chi connectivity index (χ1v) is 6.68. The minimum absolute atomic E-state index is 0.183. The van der Waals surface area contributed by atoms with E-state index in [2.05, 4.69) is 10.6 Å². The summed E-state index contributed by atoms with van der Waals surface area (Å²) in [5.74, 6) is 0.293. The Labute approximate surface area is 119 Å². The van der Waals surface area contributed by atoms with E-state index in [4.69, 9.17) is 4.74 Å². The molecule has 1 atom stereocenters. The Morgan fingerprint density at radius 3 is 2.65 bits per heavy atom. The zero-order valence-electron chi connectivity index (χ0n) is 12.4. The highest BCUT2D eigenvalue weighted by atomic mass is 16.5. The average molecular weight is 278 g/mol. The van der Waals surface area contributed by atoms with Crippen LogP contribution in [0.2, 0.25) is 0 Å². The Bertz CT molecular complexity index is 486. The molecule has 110 valence electrons. The number of hydrogen-bond donors (Lipinski definition) is 2. The van der Waals surface area contributed by atoms with Gasteiger partial charge in [0.15, 0.2) is 0 Å². The summed E-state index contributed by atoms with van der Waals surface area (Å²) in [6.45, 7) is 6.00. The zero-order chi connectivity index (χ0) is 15.1. The van der Waals surface area contributed by atoms with Gasteiger partial charge in [-0.3, -0.25) is 9.59 Å². The standard InChI is InChI=1S/C15H22N2O3/c1-5-16-15(19)11(3)17-14(18)9-12-8-10(2)6-7-13(12)20-4/h6-8,11H,5,9H2,1-4H3,(H,16,19)(H,17,18)/t11-/m0/s1. The molecule has 0 unspecified atom stereocenters. The first-order valence-electron chi connectivity index (χ1n) is 6.68. The normalized spacial score (nSPS) is 11.6. The van der Waals surface area contributed by atoms with Gasteiger partial charge >= 0.3 is 0 Å². The molecule has 1 aromatic rings. The van der Waals surface area contributed by atoms with E-state index in [1.165, 1.54) is 0 Å². The highest BCUT2D eigenvalue weighted by Crippen LogP contribution is 2.20. The molecule has 1 aromatic carbocycles. The second kappa shape index (κ2) is 7.53. The smallest absolute Gasteiger partial charge is 0.242 e. The summed E-state index contributed by atoms with van der Waals surface area (Å²) in [6.07, 6.45) is 0.189. The number of carbonyl (C=O) groups is 2. The molecule has 0 radical (unpaired) electrons. The number of aryl methyl sites for hydroxylation is 1. The first-order chi connectivity index (χ1) is 9.47. The van der Waals surface area contributed by atoms with E-state index < -0.39 is 6.04 Å². The van der Waals surface area contributed by atoms with Crippen molar-refractivity contribution in [3.8, 4) is 5.75 Å². The van der Waals surface area contributed by atoms with Crippen LogP contribution in [0, 0.1) is 6.92 Å². The predicted molar refractivity (Wildman–Crippen MR) is 77.7 cm³/mol. The molecule has 5 nitrogen and oxygen atoms in total. The molecule has 5 heteroatoms. The molecule has 0 aromatic heterocycles. The van der Waals surface area contributed by atoms with Gasteiger partial charge in [0.05, 0.1) is 13.5 Å². The Morgan fingerprint density at radius 1 is 1.35 bits per heavy atom. The summed E-state index contributed by atoms with van der Waals surface area (Å²) >= 11 is 0. The van der Waals surface area contributed by atoms with Gasteiger partial charge in [-0.2, -0.15) is 0 Å². The molecule has 0 bridgehead atoms. The molecule has 0 fully saturated rings. The molecule has 0 heterocycles. The van der Waals surface area contributed by atoms with E-state index in [-0.39, 0.29) is 18.2 Å². The molecule has 2 amide bonds. The molecule has 0 saturated carbocycles. The second-order valence-corrected chi connectivity index (χ2v) is 4.68. The van der Waals surface area contributed by atoms with Gasteiger partial charge < -0.3 is 15.4 Å². The number of hydrogen-bond acceptors (Lipinski definition) is 3. The first kappa shape index (κ1) is 16.0. The third-order valence-corrected chi connectivity index (χ3v) is 2.91. The molecule has 1 rings (SSSR count). The lowest BCUT2D eigenvalue weighted by Crippen LogP contribution is -2.45. The van der Waals surface area contributed by atoms with Crippen LogP contribution in [0.25, 0.3) is 0 Å². The lowest BCUT2D eigenvalue weighted by Gasteiger charge is -2.14. The maximum absolute atomic E-state index is 12.0. The molecule has 0 aliphatic rings. The van der Waals surface area contributed by atoms with Gasteiger partial charge in [0, 0.05) is 12.1 Å². The molecule has 0 saturated heterocycles. The fraction of sp³-hybridized carbons (Fsp3) is 0.467. The van der Waals surface area contributed by atoms with Crippen LogP contribution >= 0.6 is 0 Å². The van der Waals surface area contributed by atoms with Gasteiger partial charge in [-0.1, -0.05) is 17.7 Å². The maximum Gasteiger partial charge on any atom is 0.242 e. The van der Waals surface area contributed by atoms with Crippen LogP contribution in [0.4, 0.5) is 0 Å². The van der Waals surface area contributed by atoms with Crippen LogP contribution < -0.4 is 15.4 Å². The molecule has 0 aliphatic carbocycles. The van der Waals surface area contributed by atoms with Gasteiger partial charge in [-0.25, -0.2) is 0 Å². The number of ether oxygens (including phenoxy) is 1. The Morgan fingerprint density at radius 2 is 2.05 bits per heavy atom. The minimum Gasteiger partial charge on any atom is -0.496 e. The highest BCUT2D eigenvalue weighted by Gasteiger charge is 2.16. The number of amides is 2. The summed E-state index contributed by atoms with van der Waals surface area (Å²) in [7, 11) is 1.57. The number of nitrogens with one attached hydrogen (secondary N) is 2. The van der Waals surface area contributed by atoms with Crippen molar-refractivity contribution >= 4 is 11.8 Å². The number of rotatable bonds is 6. The van der Waals surface area contributed by atoms with E-state index in [1.807, 2.05) is 32.0 Å². The van der Waals surface area contributed by atoms with Crippen molar-refractivity contribution in [3.63, 3.8) is 0 Å². The van der Waals surface area contributed by atoms with Gasteiger partial charge in [0.1, 0.15) is 11.8 Å². The summed E-state index contributed by atoms with van der Waals surface area (Å²) < 4.78 is 5.23. The third kappa shape index (κ3) is 4.57. The topological polar surface area (TPSA) is 67.4 Å². The van der Waals surface area contributed by atoms with Crippen molar-refractivity contribution in [2.75, 3.05) is 13.7 Å². The van der Waals surface area contributed by atoms with Crippen LogP contribution in [0.5, 0.6) is 5.75 Å². The maximum atomic E-state index is 12.0. The lowest BCUT2D eigenvalue weighted by molar-refractivity contribution is -0.128. The Hall–Kier alpha value is -2.04. The summed E-state index contributed by atoms with van der Waals surface area (Å²) in [5.41, 5.74) is 1.87. The van der Waals surface area contributed by atoms with E-state index in [9.17, 15) is 9.59 Å². The van der Waals surface area contributed by atoms with E-state index in [1.54, 1.807) is 14.0 Å². The van der Waals surface area contributed by atoms with Gasteiger partial charge in [-0.15, -0.1) is 0 Å². The van der Waals surface area contributed by atoms with Crippen LogP contribution in [0.1, 0.15) is 25.0 Å². The Balaban J connectivity index is 2.67. The highest BCUT2D eigenvalue weighted by molar-refractivity contribution is 5.88. The van der Waals surface area contributed by atoms with Crippen molar-refractivity contribution in [2.24, 2.45) is 0 Å². The lowest BCUT2D eigenvalue weighted by atomic mass is 10.1. The van der Waals surface area contributed by atoms with Gasteiger partial charge in [-0.05, 0) is 26.8 Å². The van der Waals surface area contributed by atoms with Crippen LogP contribution in [-0.4, -0.2) is 31.5 Å². The average Bonchev–Trinajstić information content (AvgIpc) is 2.39. The van der Waals surface area contributed by atoms with Crippen LogP contribution in [-0.2, 0) is 16.0 Å². The fourth-order valence-corrected chi connectivity index (χ4v) is 1.90. The zero-order valence-corrected chi connectivity index (χ0v) is 12.4. The van der Waals surface area contributed by atoms with E-state index in [0.29, 0.717) is 12.3 Å². The van der Waals surface area contributed by atoms with Crippen molar-refractivity contribution in [1.82, 2.24) is 10.6 Å². The quantitative estimate of drug-likeness (QED) is 0.821. The van der Waals surface area contributed by atoms with Gasteiger partial charge in [0.2, 0.25) is 11.8 Å².